The molecule has 4 nitrogen and oxygen atoms in total. The monoisotopic (exact) mass is 682 g/mol. The van der Waals surface area contributed by atoms with Crippen LogP contribution in [-0.4, -0.2) is 37.0 Å². The maximum Gasteiger partial charge on any atom is 0.209 e. The van der Waals surface area contributed by atoms with Crippen molar-refractivity contribution in [3.63, 3.8) is 0 Å². The molecule has 0 bridgehead atoms. The summed E-state index contributed by atoms with van der Waals surface area (Å²) >= 11 is 0. The molecule has 3 aromatic carbocycles. The molecular weight excluding hydrogens is 623 g/mol. The number of fused-ring (bicyclic) bond motifs is 2. The minimum Gasteiger partial charge on any atom is -0.457 e. The van der Waals surface area contributed by atoms with Gasteiger partial charge < -0.3 is 14.5 Å². The third kappa shape index (κ3) is 7.25. The SMILES string of the molecule is CCN(C)c1ccc(OC2=C(C=CC3=[N+](CC(C)C)c4ccccc4C3(C)C)CCCC2=CC=C2N(CC(C)C)c3ccccc3C2(C)C)cc1. The molecule has 4 heteroatoms. The average molecular weight is 683 g/mol. The Morgan fingerprint density at radius 1 is 0.804 bits per heavy atom. The van der Waals surface area contributed by atoms with Crippen molar-refractivity contribution >= 4 is 22.8 Å². The van der Waals surface area contributed by atoms with Gasteiger partial charge in [-0.15, -0.1) is 0 Å². The van der Waals surface area contributed by atoms with Crippen LogP contribution in [0.1, 0.15) is 92.7 Å². The Hall–Kier alpha value is -4.31. The van der Waals surface area contributed by atoms with Gasteiger partial charge in [0.15, 0.2) is 12.3 Å². The van der Waals surface area contributed by atoms with E-state index in [-0.39, 0.29) is 10.8 Å². The maximum absolute atomic E-state index is 6.97. The van der Waals surface area contributed by atoms with Crippen LogP contribution in [0.3, 0.4) is 0 Å². The molecule has 0 spiro atoms. The largest absolute Gasteiger partial charge is 0.457 e. The second kappa shape index (κ2) is 14.7. The first-order chi connectivity index (χ1) is 24.3. The van der Waals surface area contributed by atoms with Crippen molar-refractivity contribution in [1.82, 2.24) is 0 Å². The Balaban J connectivity index is 1.46. The van der Waals surface area contributed by atoms with Crippen molar-refractivity contribution in [3.05, 3.63) is 131 Å². The van der Waals surface area contributed by atoms with E-state index in [0.717, 1.165) is 50.4 Å². The standard InChI is InChI=1S/C47H60N3O/c1-11-48(10)37-25-27-38(28-26-37)51-45-35(23-29-43-46(6,7)39-19-12-14-21-41(39)49(43)31-33(2)3)17-16-18-36(45)24-30-44-47(8,9)40-20-13-15-22-42(40)50(44)32-34(4)5/h12-15,19-30,33-34H,11,16-18,31-32H2,1-10H3/q+1. The molecule has 3 aliphatic rings. The van der Waals surface area contributed by atoms with Gasteiger partial charge in [-0.2, -0.15) is 4.58 Å². The molecule has 0 atom stereocenters. The van der Waals surface area contributed by atoms with E-state index in [1.165, 1.54) is 50.7 Å². The molecule has 51 heavy (non-hydrogen) atoms. The van der Waals surface area contributed by atoms with E-state index in [9.17, 15) is 0 Å². The zero-order valence-electron chi connectivity index (χ0n) is 32.9. The molecule has 0 amide bonds. The fraction of sp³-hybridized carbons (Fsp3) is 0.426. The second-order valence-electron chi connectivity index (χ2n) is 16.6. The topological polar surface area (TPSA) is 18.7 Å². The van der Waals surface area contributed by atoms with Gasteiger partial charge in [0.05, 0.1) is 5.41 Å². The Labute approximate surface area is 308 Å². The number of hydrogen-bond acceptors (Lipinski definition) is 3. The normalized spacial score (nSPS) is 19.6. The summed E-state index contributed by atoms with van der Waals surface area (Å²) in [5.74, 6) is 2.96. The van der Waals surface area contributed by atoms with E-state index in [1.807, 2.05) is 0 Å². The molecule has 2 aliphatic heterocycles. The third-order valence-electron chi connectivity index (χ3n) is 11.0. The summed E-state index contributed by atoms with van der Waals surface area (Å²) in [6, 6.07) is 26.5. The molecule has 0 aromatic heterocycles. The Bertz CT molecular complexity index is 1900. The van der Waals surface area contributed by atoms with Gasteiger partial charge in [-0.1, -0.05) is 84.0 Å². The summed E-state index contributed by atoms with van der Waals surface area (Å²) < 4.78 is 9.51. The predicted octanol–water partition coefficient (Wildman–Crippen LogP) is 11.5. The van der Waals surface area contributed by atoms with Crippen molar-refractivity contribution in [3.8, 4) is 5.75 Å². The number of nitrogens with zero attached hydrogens (tertiary/aromatic N) is 3. The molecule has 3 aromatic rings. The highest BCUT2D eigenvalue weighted by atomic mass is 16.5. The van der Waals surface area contributed by atoms with Crippen LogP contribution in [0, 0.1) is 11.8 Å². The van der Waals surface area contributed by atoms with Crippen LogP contribution in [0.2, 0.25) is 0 Å². The van der Waals surface area contributed by atoms with E-state index in [2.05, 4.69) is 181 Å². The Kier molecular flexibility index (Phi) is 10.5. The molecule has 0 saturated carbocycles. The molecule has 0 radical (unpaired) electrons. The average Bonchev–Trinajstić information content (AvgIpc) is 3.44. The van der Waals surface area contributed by atoms with Crippen molar-refractivity contribution < 1.29 is 9.31 Å². The van der Waals surface area contributed by atoms with Crippen LogP contribution < -0.4 is 14.5 Å². The first kappa shape index (κ1) is 36.5. The highest BCUT2D eigenvalue weighted by molar-refractivity contribution is 6.03. The Morgan fingerprint density at radius 2 is 1.49 bits per heavy atom. The van der Waals surface area contributed by atoms with Gasteiger partial charge in [-0.25, -0.2) is 0 Å². The number of hydrogen-bond donors (Lipinski definition) is 0. The van der Waals surface area contributed by atoms with E-state index in [0.29, 0.717) is 11.8 Å². The van der Waals surface area contributed by atoms with Crippen molar-refractivity contribution in [2.45, 2.75) is 92.4 Å². The number of ether oxygens (including phenoxy) is 1. The van der Waals surface area contributed by atoms with Crippen LogP contribution in [0.4, 0.5) is 17.1 Å². The Morgan fingerprint density at radius 3 is 2.18 bits per heavy atom. The lowest BCUT2D eigenvalue weighted by atomic mass is 9.81. The fourth-order valence-electron chi connectivity index (χ4n) is 8.19. The van der Waals surface area contributed by atoms with Crippen LogP contribution in [0.25, 0.3) is 0 Å². The molecule has 6 rings (SSSR count). The van der Waals surface area contributed by atoms with Crippen molar-refractivity contribution in [2.24, 2.45) is 11.8 Å². The number of rotatable bonds is 11. The highest BCUT2D eigenvalue weighted by Crippen LogP contribution is 2.48. The molecule has 2 heterocycles. The zero-order chi connectivity index (χ0) is 36.5. The maximum atomic E-state index is 6.97. The quantitative estimate of drug-likeness (QED) is 0.188. The van der Waals surface area contributed by atoms with Crippen molar-refractivity contribution in [2.75, 3.05) is 36.5 Å². The van der Waals surface area contributed by atoms with E-state index < -0.39 is 0 Å². The summed E-state index contributed by atoms with van der Waals surface area (Å²) in [6.07, 6.45) is 12.6. The summed E-state index contributed by atoms with van der Waals surface area (Å²) in [5, 5.41) is 0. The van der Waals surface area contributed by atoms with E-state index in [4.69, 9.17) is 4.74 Å². The molecule has 0 fully saturated rings. The highest BCUT2D eigenvalue weighted by Gasteiger charge is 2.44. The van der Waals surface area contributed by atoms with E-state index in [1.54, 1.807) is 0 Å². The van der Waals surface area contributed by atoms with Crippen molar-refractivity contribution in [1.29, 1.82) is 0 Å². The lowest BCUT2D eigenvalue weighted by molar-refractivity contribution is -0.445. The van der Waals surface area contributed by atoms with Gasteiger partial charge in [-0.3, -0.25) is 0 Å². The summed E-state index contributed by atoms with van der Waals surface area (Å²) in [6.45, 7) is 23.9. The van der Waals surface area contributed by atoms with E-state index >= 15 is 0 Å². The van der Waals surface area contributed by atoms with Crippen LogP contribution >= 0.6 is 0 Å². The molecular formula is C47H60N3O+. The smallest absolute Gasteiger partial charge is 0.209 e. The van der Waals surface area contributed by atoms with Gasteiger partial charge in [0.25, 0.3) is 0 Å². The second-order valence-corrected chi connectivity index (χ2v) is 16.6. The molecule has 1 aliphatic carbocycles. The van der Waals surface area contributed by atoms with Crippen LogP contribution in [-0.2, 0) is 10.8 Å². The van der Waals surface area contributed by atoms with Gasteiger partial charge in [0.2, 0.25) is 5.69 Å². The summed E-state index contributed by atoms with van der Waals surface area (Å²) in [5.41, 5.74) is 11.7. The van der Waals surface area contributed by atoms with Gasteiger partial charge in [0.1, 0.15) is 11.5 Å². The van der Waals surface area contributed by atoms with Crippen LogP contribution in [0.5, 0.6) is 5.75 Å². The summed E-state index contributed by atoms with van der Waals surface area (Å²) in [7, 11) is 2.13. The third-order valence-corrected chi connectivity index (χ3v) is 11.0. The first-order valence-electron chi connectivity index (χ1n) is 19.3. The number of anilines is 2. The number of allylic oxidation sites excluding steroid dienone is 7. The molecule has 0 saturated heterocycles. The molecule has 0 N–H and O–H groups in total. The summed E-state index contributed by atoms with van der Waals surface area (Å²) in [4.78, 5) is 4.80. The lowest BCUT2D eigenvalue weighted by Gasteiger charge is -2.28. The van der Waals surface area contributed by atoms with Crippen LogP contribution in [0.15, 0.2) is 120 Å². The van der Waals surface area contributed by atoms with Gasteiger partial charge >= 0.3 is 0 Å². The first-order valence-corrected chi connectivity index (χ1v) is 19.3. The fourth-order valence-corrected chi connectivity index (χ4v) is 8.19. The minimum absolute atomic E-state index is 0.0919. The number of benzene rings is 3. The minimum atomic E-state index is -0.0919. The van der Waals surface area contributed by atoms with Gasteiger partial charge in [-0.05, 0) is 105 Å². The molecule has 0 unspecified atom stereocenters. The molecule has 268 valence electrons. The number of para-hydroxylation sites is 2. The van der Waals surface area contributed by atoms with Gasteiger partial charge in [0, 0.05) is 66.2 Å². The zero-order valence-corrected chi connectivity index (χ0v) is 32.9. The lowest BCUT2D eigenvalue weighted by Crippen LogP contribution is -2.29. The predicted molar refractivity (Wildman–Crippen MR) is 218 cm³/mol.